The molecule has 2 heterocycles. The van der Waals surface area contributed by atoms with Crippen LogP contribution in [0.25, 0.3) is 5.69 Å². The Bertz CT molecular complexity index is 1090. The van der Waals surface area contributed by atoms with Crippen LogP contribution in [0.4, 0.5) is 19.3 Å². The van der Waals surface area contributed by atoms with E-state index < -0.39 is 29.0 Å². The third-order valence-electron chi connectivity index (χ3n) is 4.56. The van der Waals surface area contributed by atoms with Gasteiger partial charge in [0.05, 0.1) is 5.69 Å². The molecule has 0 radical (unpaired) electrons. The van der Waals surface area contributed by atoms with Gasteiger partial charge in [0.1, 0.15) is 5.69 Å². The van der Waals surface area contributed by atoms with E-state index in [1.807, 2.05) is 25.1 Å². The molecule has 0 N–H and O–H groups in total. The van der Waals surface area contributed by atoms with Gasteiger partial charge in [-0.05, 0) is 53.5 Å². The normalized spacial score (nSPS) is 13.5. The fourth-order valence-electron chi connectivity index (χ4n) is 3.35. The van der Waals surface area contributed by atoms with Crippen molar-refractivity contribution in [2.24, 2.45) is 0 Å². The minimum atomic E-state index is -1.04. The number of fused-ring (bicyclic) bond motifs is 1. The zero-order chi connectivity index (χ0) is 19.1. The molecule has 7 nitrogen and oxygen atoms in total. The highest BCUT2D eigenvalue weighted by Gasteiger charge is 2.29. The standard InChI is InChI=1S/C18H15F2N5O2/c1-11-5-2-6-12-7-4-10-23(15(11)12)17(26)25-18(27)24(21-22-25)16-13(19)8-3-9-14(16)20/h2-3,5-6,8-9H,4,7,10H2,1H3. The molecule has 1 aromatic heterocycles. The fraction of sp³-hybridized carbons (Fsp3) is 0.222. The number of carbonyl (C=O) groups excluding carboxylic acids is 1. The predicted molar refractivity (Wildman–Crippen MR) is 93.2 cm³/mol. The summed E-state index contributed by atoms with van der Waals surface area (Å²) in [6.07, 6.45) is 1.55. The summed E-state index contributed by atoms with van der Waals surface area (Å²) in [7, 11) is 0. The molecule has 9 heteroatoms. The molecule has 138 valence electrons. The molecule has 4 rings (SSSR count). The van der Waals surface area contributed by atoms with Crippen LogP contribution >= 0.6 is 0 Å². The third-order valence-corrected chi connectivity index (χ3v) is 4.56. The summed E-state index contributed by atoms with van der Waals surface area (Å²) < 4.78 is 28.9. The maximum atomic E-state index is 14.0. The minimum absolute atomic E-state index is 0.407. The van der Waals surface area contributed by atoms with E-state index in [0.717, 1.165) is 41.8 Å². The van der Waals surface area contributed by atoms with Crippen molar-refractivity contribution in [3.8, 4) is 5.69 Å². The Balaban J connectivity index is 1.78. The van der Waals surface area contributed by atoms with Crippen LogP contribution in [0.2, 0.25) is 0 Å². The van der Waals surface area contributed by atoms with Crippen molar-refractivity contribution in [3.63, 3.8) is 0 Å². The lowest BCUT2D eigenvalue weighted by molar-refractivity contribution is 0.243. The highest BCUT2D eigenvalue weighted by atomic mass is 19.1. The molecule has 0 unspecified atom stereocenters. The lowest BCUT2D eigenvalue weighted by Gasteiger charge is -2.30. The Morgan fingerprint density at radius 2 is 1.74 bits per heavy atom. The monoisotopic (exact) mass is 371 g/mol. The number of aryl methyl sites for hydroxylation is 2. The highest BCUT2D eigenvalue weighted by Crippen LogP contribution is 2.30. The van der Waals surface area contributed by atoms with E-state index in [1.165, 1.54) is 11.0 Å². The van der Waals surface area contributed by atoms with Crippen molar-refractivity contribution >= 4 is 11.7 Å². The number of amides is 1. The summed E-state index contributed by atoms with van der Waals surface area (Å²) in [5, 5.41) is 7.04. The number of hydrogen-bond acceptors (Lipinski definition) is 4. The Kier molecular flexibility index (Phi) is 4.06. The van der Waals surface area contributed by atoms with Gasteiger partial charge in [-0.25, -0.2) is 18.4 Å². The largest absolute Gasteiger partial charge is 0.377 e. The number of rotatable bonds is 1. The molecular formula is C18H15F2N5O2. The lowest BCUT2D eigenvalue weighted by atomic mass is 9.98. The maximum absolute atomic E-state index is 14.0. The van der Waals surface area contributed by atoms with Gasteiger partial charge in [0.15, 0.2) is 11.6 Å². The van der Waals surface area contributed by atoms with Crippen LogP contribution in [0.3, 0.4) is 0 Å². The van der Waals surface area contributed by atoms with Gasteiger partial charge in [-0.2, -0.15) is 4.68 Å². The zero-order valence-electron chi connectivity index (χ0n) is 14.4. The quantitative estimate of drug-likeness (QED) is 0.616. The lowest BCUT2D eigenvalue weighted by Crippen LogP contribution is -2.43. The first kappa shape index (κ1) is 17.1. The van der Waals surface area contributed by atoms with Crippen molar-refractivity contribution in [2.75, 3.05) is 11.4 Å². The number of benzene rings is 2. The molecule has 3 aromatic rings. The summed E-state index contributed by atoms with van der Waals surface area (Å²) >= 11 is 0. The summed E-state index contributed by atoms with van der Waals surface area (Å²) in [5.74, 6) is -1.95. The van der Waals surface area contributed by atoms with E-state index >= 15 is 0 Å². The van der Waals surface area contributed by atoms with Crippen molar-refractivity contribution in [1.29, 1.82) is 0 Å². The van der Waals surface area contributed by atoms with Crippen LogP contribution < -0.4 is 10.6 Å². The van der Waals surface area contributed by atoms with Crippen molar-refractivity contribution in [3.05, 3.63) is 69.6 Å². The van der Waals surface area contributed by atoms with Gasteiger partial charge in [0, 0.05) is 6.54 Å². The number of hydrogen-bond donors (Lipinski definition) is 0. The molecule has 1 aliphatic heterocycles. The van der Waals surface area contributed by atoms with Crippen LogP contribution in [0.1, 0.15) is 17.5 Å². The predicted octanol–water partition coefficient (Wildman–Crippen LogP) is 2.44. The number of nitrogens with zero attached hydrogens (tertiary/aromatic N) is 5. The maximum Gasteiger partial charge on any atom is 0.377 e. The van der Waals surface area contributed by atoms with E-state index in [2.05, 4.69) is 10.4 Å². The number of carbonyl (C=O) groups is 1. The number of aromatic nitrogens is 4. The summed E-state index contributed by atoms with van der Waals surface area (Å²) in [6, 6.07) is 8.16. The molecule has 1 aliphatic rings. The Hall–Kier alpha value is -3.36. The Morgan fingerprint density at radius 1 is 1.04 bits per heavy atom. The van der Waals surface area contributed by atoms with Gasteiger partial charge in [-0.1, -0.05) is 24.3 Å². The SMILES string of the molecule is Cc1cccc2c1N(C(=O)n1nnn(-c3c(F)cccc3F)c1=O)CCC2. The van der Waals surface area contributed by atoms with Gasteiger partial charge in [0.2, 0.25) is 0 Å². The fourth-order valence-corrected chi connectivity index (χ4v) is 3.35. The second kappa shape index (κ2) is 6.42. The second-order valence-electron chi connectivity index (χ2n) is 6.28. The summed E-state index contributed by atoms with van der Waals surface area (Å²) in [6.45, 7) is 2.28. The molecule has 0 aliphatic carbocycles. The second-order valence-corrected chi connectivity index (χ2v) is 6.28. The van der Waals surface area contributed by atoms with Crippen LogP contribution in [0.15, 0.2) is 41.2 Å². The molecule has 1 amide bonds. The summed E-state index contributed by atoms with van der Waals surface area (Å²) in [5.41, 5.74) is 0.907. The van der Waals surface area contributed by atoms with Gasteiger partial charge >= 0.3 is 11.7 Å². The highest BCUT2D eigenvalue weighted by molar-refractivity contribution is 5.95. The zero-order valence-corrected chi connectivity index (χ0v) is 14.4. The number of para-hydroxylation sites is 2. The molecular weight excluding hydrogens is 356 g/mol. The molecule has 27 heavy (non-hydrogen) atoms. The number of tetrazole rings is 1. The van der Waals surface area contributed by atoms with E-state index in [9.17, 15) is 18.4 Å². The smallest absolute Gasteiger partial charge is 0.292 e. The van der Waals surface area contributed by atoms with E-state index in [4.69, 9.17) is 0 Å². The molecule has 0 saturated carbocycles. The van der Waals surface area contributed by atoms with Crippen LogP contribution in [0, 0.1) is 18.6 Å². The average Bonchev–Trinajstić information content (AvgIpc) is 3.02. The van der Waals surface area contributed by atoms with Crippen molar-refractivity contribution in [2.45, 2.75) is 19.8 Å². The molecule has 0 atom stereocenters. The molecule has 0 bridgehead atoms. The first-order chi connectivity index (χ1) is 13.0. The molecule has 0 saturated heterocycles. The molecule has 2 aromatic carbocycles. The van der Waals surface area contributed by atoms with Gasteiger partial charge in [-0.15, -0.1) is 4.68 Å². The van der Waals surface area contributed by atoms with Gasteiger partial charge in [-0.3, -0.25) is 4.90 Å². The van der Waals surface area contributed by atoms with Crippen molar-refractivity contribution in [1.82, 2.24) is 19.8 Å². The van der Waals surface area contributed by atoms with Crippen LogP contribution in [-0.4, -0.2) is 32.4 Å². The Morgan fingerprint density at radius 3 is 2.48 bits per heavy atom. The first-order valence-corrected chi connectivity index (χ1v) is 8.39. The van der Waals surface area contributed by atoms with Gasteiger partial charge in [0.25, 0.3) is 0 Å². The topological polar surface area (TPSA) is 73.0 Å². The Labute approximate surface area is 152 Å². The van der Waals surface area contributed by atoms with Crippen LogP contribution in [-0.2, 0) is 6.42 Å². The average molecular weight is 371 g/mol. The van der Waals surface area contributed by atoms with E-state index in [-0.39, 0.29) is 0 Å². The van der Waals surface area contributed by atoms with Crippen molar-refractivity contribution < 1.29 is 13.6 Å². The number of anilines is 1. The molecule has 0 fully saturated rings. The number of halogens is 2. The minimum Gasteiger partial charge on any atom is -0.292 e. The van der Waals surface area contributed by atoms with Gasteiger partial charge < -0.3 is 0 Å². The van der Waals surface area contributed by atoms with E-state index in [1.54, 1.807) is 0 Å². The van der Waals surface area contributed by atoms with E-state index in [0.29, 0.717) is 15.9 Å². The van der Waals surface area contributed by atoms with Crippen LogP contribution in [0.5, 0.6) is 0 Å². The first-order valence-electron chi connectivity index (χ1n) is 8.39. The third kappa shape index (κ3) is 2.71. The molecule has 0 spiro atoms. The summed E-state index contributed by atoms with van der Waals surface area (Å²) in [4.78, 5) is 27.0.